The van der Waals surface area contributed by atoms with Gasteiger partial charge in [0.1, 0.15) is 0 Å². The molecule has 1 nitrogen and oxygen atoms in total. The zero-order valence-electron chi connectivity index (χ0n) is 10.6. The summed E-state index contributed by atoms with van der Waals surface area (Å²) in [5.74, 6) is 0.623. The van der Waals surface area contributed by atoms with Gasteiger partial charge in [0.25, 0.3) is 0 Å². The third kappa shape index (κ3) is 4.24. The highest BCUT2D eigenvalue weighted by Gasteiger charge is 2.13. The number of ether oxygens (including phenoxy) is 1. The van der Waals surface area contributed by atoms with Crippen LogP contribution in [0.25, 0.3) is 0 Å². The number of alkyl halides is 1. The molecule has 0 saturated heterocycles. The van der Waals surface area contributed by atoms with Crippen LogP contribution in [0.2, 0.25) is 5.02 Å². The van der Waals surface area contributed by atoms with Crippen LogP contribution in [0.15, 0.2) is 54.6 Å². The van der Waals surface area contributed by atoms with Crippen molar-refractivity contribution in [2.24, 2.45) is 0 Å². The smallest absolute Gasteiger partial charge is 0.0717 e. The van der Waals surface area contributed by atoms with Gasteiger partial charge >= 0.3 is 0 Å². The average molecular weight is 295 g/mol. The van der Waals surface area contributed by atoms with Crippen LogP contribution in [0, 0.1) is 0 Å². The Morgan fingerprint density at radius 2 is 1.63 bits per heavy atom. The van der Waals surface area contributed by atoms with Crippen LogP contribution >= 0.6 is 23.2 Å². The molecule has 0 heterocycles. The van der Waals surface area contributed by atoms with Gasteiger partial charge < -0.3 is 4.74 Å². The summed E-state index contributed by atoms with van der Waals surface area (Å²) in [6.45, 7) is 1.17. The molecular formula is C16H16Cl2O. The van der Waals surface area contributed by atoms with E-state index < -0.39 is 0 Å². The Labute approximate surface area is 124 Å². The van der Waals surface area contributed by atoms with Crippen molar-refractivity contribution in [1.82, 2.24) is 0 Å². The van der Waals surface area contributed by atoms with Gasteiger partial charge in [-0.05, 0) is 17.2 Å². The molecule has 0 amide bonds. The minimum absolute atomic E-state index is 0.124. The third-order valence-electron chi connectivity index (χ3n) is 2.96. The average Bonchev–Trinajstić information content (AvgIpc) is 2.46. The molecule has 0 radical (unpaired) electrons. The molecule has 3 heteroatoms. The largest absolute Gasteiger partial charge is 0.376 e. The predicted octanol–water partition coefficient (Wildman–Crippen LogP) is 4.88. The summed E-state index contributed by atoms with van der Waals surface area (Å²) in [6.07, 6.45) is 0. The second kappa shape index (κ2) is 7.54. The first-order valence-electron chi connectivity index (χ1n) is 6.23. The standard InChI is InChI=1S/C16H16Cl2O/c17-10-14(15-8-4-5-9-16(15)18)12-19-11-13-6-2-1-3-7-13/h1-9,14H,10-12H2. The fourth-order valence-corrected chi connectivity index (χ4v) is 2.46. The lowest BCUT2D eigenvalue weighted by atomic mass is 10.0. The van der Waals surface area contributed by atoms with Gasteiger partial charge in [-0.15, -0.1) is 11.6 Å². The van der Waals surface area contributed by atoms with Gasteiger partial charge in [-0.2, -0.15) is 0 Å². The summed E-state index contributed by atoms with van der Waals surface area (Å²) < 4.78 is 5.74. The fourth-order valence-electron chi connectivity index (χ4n) is 1.92. The Morgan fingerprint density at radius 3 is 2.32 bits per heavy atom. The van der Waals surface area contributed by atoms with E-state index in [2.05, 4.69) is 0 Å². The van der Waals surface area contributed by atoms with Crippen molar-refractivity contribution in [3.63, 3.8) is 0 Å². The van der Waals surface area contributed by atoms with Gasteiger partial charge in [0.05, 0.1) is 13.2 Å². The Morgan fingerprint density at radius 1 is 0.947 bits per heavy atom. The summed E-state index contributed by atoms with van der Waals surface area (Å²) in [7, 11) is 0. The minimum atomic E-state index is 0.124. The van der Waals surface area contributed by atoms with Crippen molar-refractivity contribution < 1.29 is 4.74 Å². The Bertz CT molecular complexity index is 499. The molecule has 0 aliphatic heterocycles. The van der Waals surface area contributed by atoms with Crippen molar-refractivity contribution >= 4 is 23.2 Å². The highest BCUT2D eigenvalue weighted by molar-refractivity contribution is 6.31. The molecule has 0 aliphatic carbocycles. The molecule has 2 aromatic carbocycles. The van der Waals surface area contributed by atoms with Gasteiger partial charge in [0.2, 0.25) is 0 Å². The summed E-state index contributed by atoms with van der Waals surface area (Å²) in [5, 5.41) is 0.747. The summed E-state index contributed by atoms with van der Waals surface area (Å²) >= 11 is 12.2. The van der Waals surface area contributed by atoms with Crippen molar-refractivity contribution in [3.05, 3.63) is 70.7 Å². The number of halogens is 2. The summed E-state index contributed by atoms with van der Waals surface area (Å²) in [5.41, 5.74) is 2.21. The lowest BCUT2D eigenvalue weighted by Gasteiger charge is -2.16. The van der Waals surface area contributed by atoms with E-state index in [9.17, 15) is 0 Å². The second-order valence-electron chi connectivity index (χ2n) is 4.37. The first-order chi connectivity index (χ1) is 9.31. The highest BCUT2D eigenvalue weighted by Crippen LogP contribution is 2.25. The molecule has 0 spiro atoms. The predicted molar refractivity (Wildman–Crippen MR) is 81.0 cm³/mol. The third-order valence-corrected chi connectivity index (χ3v) is 3.68. The Hall–Kier alpha value is -1.02. The first kappa shape index (κ1) is 14.4. The monoisotopic (exact) mass is 294 g/mol. The van der Waals surface area contributed by atoms with Crippen molar-refractivity contribution in [2.75, 3.05) is 12.5 Å². The van der Waals surface area contributed by atoms with Crippen LogP contribution in [0.4, 0.5) is 0 Å². The van der Waals surface area contributed by atoms with Crippen LogP contribution in [-0.2, 0) is 11.3 Å². The summed E-state index contributed by atoms with van der Waals surface area (Å²) in [4.78, 5) is 0. The van der Waals surface area contributed by atoms with E-state index in [0.29, 0.717) is 19.1 Å². The van der Waals surface area contributed by atoms with Crippen LogP contribution in [-0.4, -0.2) is 12.5 Å². The topological polar surface area (TPSA) is 9.23 Å². The van der Waals surface area contributed by atoms with Crippen molar-refractivity contribution in [2.45, 2.75) is 12.5 Å². The van der Waals surface area contributed by atoms with Gasteiger partial charge in [-0.25, -0.2) is 0 Å². The maximum absolute atomic E-state index is 6.18. The molecule has 1 atom stereocenters. The quantitative estimate of drug-likeness (QED) is 0.690. The zero-order valence-corrected chi connectivity index (χ0v) is 12.1. The van der Waals surface area contributed by atoms with Crippen LogP contribution < -0.4 is 0 Å². The Kier molecular flexibility index (Phi) is 5.71. The first-order valence-corrected chi connectivity index (χ1v) is 7.14. The fraction of sp³-hybridized carbons (Fsp3) is 0.250. The van der Waals surface area contributed by atoms with Crippen LogP contribution in [0.3, 0.4) is 0 Å². The summed E-state index contributed by atoms with van der Waals surface area (Å²) in [6, 6.07) is 17.9. The Balaban J connectivity index is 1.92. The molecule has 100 valence electrons. The number of hydrogen-bond acceptors (Lipinski definition) is 1. The maximum atomic E-state index is 6.18. The molecule has 0 fully saturated rings. The molecular weight excluding hydrogens is 279 g/mol. The molecule has 2 aromatic rings. The molecule has 0 N–H and O–H groups in total. The van der Waals surface area contributed by atoms with E-state index in [1.54, 1.807) is 0 Å². The molecule has 2 rings (SSSR count). The van der Waals surface area contributed by atoms with Crippen LogP contribution in [0.1, 0.15) is 17.0 Å². The van der Waals surface area contributed by atoms with Gasteiger partial charge in [-0.1, -0.05) is 60.1 Å². The molecule has 0 aromatic heterocycles. The van der Waals surface area contributed by atoms with E-state index in [0.717, 1.165) is 16.1 Å². The van der Waals surface area contributed by atoms with Crippen molar-refractivity contribution in [1.29, 1.82) is 0 Å². The molecule has 19 heavy (non-hydrogen) atoms. The van der Waals surface area contributed by atoms with Crippen molar-refractivity contribution in [3.8, 4) is 0 Å². The second-order valence-corrected chi connectivity index (χ2v) is 5.09. The molecule has 0 bridgehead atoms. The van der Waals surface area contributed by atoms with Gasteiger partial charge in [0, 0.05) is 16.8 Å². The highest BCUT2D eigenvalue weighted by atomic mass is 35.5. The van der Waals surface area contributed by atoms with E-state index in [1.165, 1.54) is 0 Å². The van der Waals surface area contributed by atoms with E-state index in [4.69, 9.17) is 27.9 Å². The molecule has 0 aliphatic rings. The lowest BCUT2D eigenvalue weighted by Crippen LogP contribution is -2.10. The number of benzene rings is 2. The molecule has 0 saturated carbocycles. The number of rotatable bonds is 6. The van der Waals surface area contributed by atoms with Crippen LogP contribution in [0.5, 0.6) is 0 Å². The minimum Gasteiger partial charge on any atom is -0.376 e. The van der Waals surface area contributed by atoms with Gasteiger partial charge in [0.15, 0.2) is 0 Å². The maximum Gasteiger partial charge on any atom is 0.0717 e. The van der Waals surface area contributed by atoms with E-state index >= 15 is 0 Å². The van der Waals surface area contributed by atoms with Gasteiger partial charge in [-0.3, -0.25) is 0 Å². The van der Waals surface area contributed by atoms with E-state index in [1.807, 2.05) is 54.6 Å². The normalized spacial score (nSPS) is 12.3. The SMILES string of the molecule is ClCC(COCc1ccccc1)c1ccccc1Cl. The zero-order chi connectivity index (χ0) is 13.5. The number of hydrogen-bond donors (Lipinski definition) is 0. The lowest BCUT2D eigenvalue weighted by molar-refractivity contribution is 0.111. The molecule has 1 unspecified atom stereocenters. The van der Waals surface area contributed by atoms with E-state index in [-0.39, 0.29) is 5.92 Å².